The number of rotatable bonds is 4. The molecular weight excluding hydrogens is 238 g/mol. The Morgan fingerprint density at radius 3 is 2.84 bits per heavy atom. The Morgan fingerprint density at radius 1 is 1.26 bits per heavy atom. The number of nitrogens with one attached hydrogen (secondary N) is 2. The number of pyridine rings is 1. The van der Waals surface area contributed by atoms with Gasteiger partial charge in [-0.15, -0.1) is 0 Å². The first kappa shape index (κ1) is 13.1. The van der Waals surface area contributed by atoms with Crippen molar-refractivity contribution in [1.29, 1.82) is 0 Å². The quantitative estimate of drug-likeness (QED) is 0.883. The van der Waals surface area contributed by atoms with Crippen molar-refractivity contribution in [2.24, 2.45) is 0 Å². The maximum atomic E-state index is 12.2. The smallest absolute Gasteiger partial charge is 0.259 e. The van der Waals surface area contributed by atoms with Crippen LogP contribution in [0.25, 0.3) is 0 Å². The van der Waals surface area contributed by atoms with Gasteiger partial charge in [-0.05, 0) is 36.2 Å². The average molecular weight is 255 g/mol. The van der Waals surface area contributed by atoms with Crippen molar-refractivity contribution >= 4 is 17.4 Å². The van der Waals surface area contributed by atoms with Crippen LogP contribution in [0.4, 0.5) is 11.5 Å². The molecule has 0 aliphatic heterocycles. The third kappa shape index (κ3) is 3.10. The predicted octanol–water partition coefficient (Wildman–Crippen LogP) is 2.94. The molecule has 0 saturated carbocycles. The Balaban J connectivity index is 2.20. The molecule has 1 amide bonds. The number of aromatic nitrogens is 1. The summed E-state index contributed by atoms with van der Waals surface area (Å²) in [6.07, 6.45) is 2.60. The molecule has 0 bridgehead atoms. The molecule has 4 heteroatoms. The molecule has 0 aliphatic rings. The van der Waals surface area contributed by atoms with Gasteiger partial charge >= 0.3 is 0 Å². The van der Waals surface area contributed by atoms with Gasteiger partial charge in [0.1, 0.15) is 5.82 Å². The lowest BCUT2D eigenvalue weighted by molar-refractivity contribution is 0.102. The van der Waals surface area contributed by atoms with Gasteiger partial charge in [-0.25, -0.2) is 4.98 Å². The number of carbonyl (C=O) groups is 1. The highest BCUT2D eigenvalue weighted by atomic mass is 16.1. The van der Waals surface area contributed by atoms with E-state index in [4.69, 9.17) is 0 Å². The number of nitrogens with zero attached hydrogens (tertiary/aromatic N) is 1. The molecule has 0 spiro atoms. The minimum Gasteiger partial charge on any atom is -0.372 e. The molecule has 0 aliphatic carbocycles. The van der Waals surface area contributed by atoms with Crippen LogP contribution in [0.15, 0.2) is 42.6 Å². The Morgan fingerprint density at radius 2 is 2.11 bits per heavy atom. The Labute approximate surface area is 112 Å². The molecule has 0 fully saturated rings. The number of hydrogen-bond donors (Lipinski definition) is 2. The van der Waals surface area contributed by atoms with E-state index < -0.39 is 0 Å². The van der Waals surface area contributed by atoms with Crippen molar-refractivity contribution in [3.8, 4) is 0 Å². The van der Waals surface area contributed by atoms with E-state index in [1.54, 1.807) is 25.4 Å². The van der Waals surface area contributed by atoms with Crippen LogP contribution in [-0.4, -0.2) is 17.9 Å². The fraction of sp³-hybridized carbons (Fsp3) is 0.200. The molecule has 0 atom stereocenters. The molecule has 2 rings (SSSR count). The first-order chi connectivity index (χ1) is 9.24. The van der Waals surface area contributed by atoms with Crippen molar-refractivity contribution in [3.05, 3.63) is 53.7 Å². The lowest BCUT2D eigenvalue weighted by Crippen LogP contribution is -2.14. The van der Waals surface area contributed by atoms with Gasteiger partial charge in [0.05, 0.1) is 5.56 Å². The van der Waals surface area contributed by atoms with E-state index in [0.717, 1.165) is 12.1 Å². The third-order valence-electron chi connectivity index (χ3n) is 2.88. The monoisotopic (exact) mass is 255 g/mol. The summed E-state index contributed by atoms with van der Waals surface area (Å²) in [6, 6.07) is 11.3. The van der Waals surface area contributed by atoms with Gasteiger partial charge in [0.2, 0.25) is 0 Å². The molecule has 0 unspecified atom stereocenters. The zero-order valence-electron chi connectivity index (χ0n) is 11.1. The largest absolute Gasteiger partial charge is 0.372 e. The van der Waals surface area contributed by atoms with Gasteiger partial charge in [-0.3, -0.25) is 4.79 Å². The van der Waals surface area contributed by atoms with Gasteiger partial charge in [-0.2, -0.15) is 0 Å². The lowest BCUT2D eigenvalue weighted by atomic mass is 10.1. The third-order valence-corrected chi connectivity index (χ3v) is 2.88. The lowest BCUT2D eigenvalue weighted by Gasteiger charge is -2.09. The zero-order chi connectivity index (χ0) is 13.7. The van der Waals surface area contributed by atoms with Crippen LogP contribution in [0.3, 0.4) is 0 Å². The number of aryl methyl sites for hydroxylation is 1. The Bertz CT molecular complexity index is 581. The van der Waals surface area contributed by atoms with Crippen molar-refractivity contribution < 1.29 is 4.79 Å². The minimum atomic E-state index is -0.161. The normalized spacial score (nSPS) is 10.0. The molecule has 4 nitrogen and oxygen atoms in total. The maximum absolute atomic E-state index is 12.2. The summed E-state index contributed by atoms with van der Waals surface area (Å²) in [5, 5.41) is 5.80. The topological polar surface area (TPSA) is 54.0 Å². The number of hydrogen-bond acceptors (Lipinski definition) is 3. The van der Waals surface area contributed by atoms with Gasteiger partial charge in [0.15, 0.2) is 0 Å². The second-order valence-electron chi connectivity index (χ2n) is 4.16. The fourth-order valence-corrected chi connectivity index (χ4v) is 1.86. The van der Waals surface area contributed by atoms with Crippen molar-refractivity contribution in [3.63, 3.8) is 0 Å². The summed E-state index contributed by atoms with van der Waals surface area (Å²) in [4.78, 5) is 16.3. The summed E-state index contributed by atoms with van der Waals surface area (Å²) in [6.45, 7) is 2.08. The van der Waals surface area contributed by atoms with Crippen molar-refractivity contribution in [1.82, 2.24) is 4.98 Å². The summed E-state index contributed by atoms with van der Waals surface area (Å²) >= 11 is 0. The number of benzene rings is 1. The summed E-state index contributed by atoms with van der Waals surface area (Å²) in [7, 11) is 1.75. The number of amides is 1. The molecule has 2 aromatic rings. The van der Waals surface area contributed by atoms with E-state index in [-0.39, 0.29) is 5.91 Å². The highest BCUT2D eigenvalue weighted by molar-refractivity contribution is 6.07. The average Bonchev–Trinajstić information content (AvgIpc) is 2.47. The highest BCUT2D eigenvalue weighted by Crippen LogP contribution is 2.15. The molecule has 2 N–H and O–H groups in total. The molecule has 1 heterocycles. The molecular formula is C15H17N3O. The van der Waals surface area contributed by atoms with E-state index in [9.17, 15) is 4.79 Å². The van der Waals surface area contributed by atoms with E-state index >= 15 is 0 Å². The van der Waals surface area contributed by atoms with Crippen molar-refractivity contribution in [2.45, 2.75) is 13.3 Å². The van der Waals surface area contributed by atoms with Crippen LogP contribution in [0, 0.1) is 0 Å². The Kier molecular flexibility index (Phi) is 4.13. The minimum absolute atomic E-state index is 0.161. The van der Waals surface area contributed by atoms with Crippen molar-refractivity contribution in [2.75, 3.05) is 17.7 Å². The second-order valence-corrected chi connectivity index (χ2v) is 4.16. The molecule has 98 valence electrons. The Hall–Kier alpha value is -2.36. The molecule has 19 heavy (non-hydrogen) atoms. The maximum Gasteiger partial charge on any atom is 0.259 e. The fourth-order valence-electron chi connectivity index (χ4n) is 1.86. The van der Waals surface area contributed by atoms with Gasteiger partial charge in [0.25, 0.3) is 5.91 Å². The summed E-state index contributed by atoms with van der Waals surface area (Å²) in [5.41, 5.74) is 2.53. The first-order valence-electron chi connectivity index (χ1n) is 6.27. The second kappa shape index (κ2) is 6.00. The van der Waals surface area contributed by atoms with E-state index in [1.807, 2.05) is 24.3 Å². The van der Waals surface area contributed by atoms with Crippen LogP contribution in [-0.2, 0) is 6.42 Å². The molecule has 0 saturated heterocycles. The standard InChI is InChI=1S/C15H17N3O/c1-3-11-6-4-7-12(10-11)18-15(19)13-8-5-9-17-14(13)16-2/h4-10H,3H2,1-2H3,(H,16,17)(H,18,19). The van der Waals surface area contributed by atoms with E-state index in [1.165, 1.54) is 5.56 Å². The first-order valence-corrected chi connectivity index (χ1v) is 6.27. The zero-order valence-corrected chi connectivity index (χ0v) is 11.1. The van der Waals surface area contributed by atoms with Crippen LogP contribution in [0.2, 0.25) is 0 Å². The SMILES string of the molecule is CCc1cccc(NC(=O)c2cccnc2NC)c1. The van der Waals surface area contributed by atoms with Crippen LogP contribution in [0.5, 0.6) is 0 Å². The highest BCUT2D eigenvalue weighted by Gasteiger charge is 2.11. The van der Waals surface area contributed by atoms with Crippen LogP contribution < -0.4 is 10.6 Å². The van der Waals surface area contributed by atoms with Gasteiger partial charge in [0, 0.05) is 18.9 Å². The van der Waals surface area contributed by atoms with Gasteiger partial charge < -0.3 is 10.6 Å². The van der Waals surface area contributed by atoms with E-state index in [0.29, 0.717) is 11.4 Å². The van der Waals surface area contributed by atoms with E-state index in [2.05, 4.69) is 22.5 Å². The molecule has 1 aromatic heterocycles. The summed E-state index contributed by atoms with van der Waals surface area (Å²) in [5.74, 6) is 0.414. The number of anilines is 2. The van der Waals surface area contributed by atoms with Crippen LogP contribution >= 0.6 is 0 Å². The van der Waals surface area contributed by atoms with Crippen LogP contribution in [0.1, 0.15) is 22.8 Å². The molecule has 1 aromatic carbocycles. The predicted molar refractivity (Wildman–Crippen MR) is 77.6 cm³/mol. The van der Waals surface area contributed by atoms with Gasteiger partial charge in [-0.1, -0.05) is 19.1 Å². The molecule has 0 radical (unpaired) electrons. The number of carbonyl (C=O) groups excluding carboxylic acids is 1. The summed E-state index contributed by atoms with van der Waals surface area (Å²) < 4.78 is 0.